The van der Waals surface area contributed by atoms with Crippen molar-refractivity contribution in [3.63, 3.8) is 0 Å². The number of ether oxygens (including phenoxy) is 3. The second-order valence-corrected chi connectivity index (χ2v) is 8.74. The molecule has 4 rings (SSSR count). The van der Waals surface area contributed by atoms with Crippen LogP contribution >= 0.6 is 15.9 Å². The van der Waals surface area contributed by atoms with Crippen LogP contribution in [0.25, 0.3) is 0 Å². The summed E-state index contributed by atoms with van der Waals surface area (Å²) >= 11 is 3.33. The van der Waals surface area contributed by atoms with Crippen LogP contribution in [-0.2, 0) is 9.59 Å². The number of aromatic hydroxyl groups is 1. The van der Waals surface area contributed by atoms with Gasteiger partial charge < -0.3 is 24.6 Å². The molecular weight excluding hydrogens is 478 g/mol. The van der Waals surface area contributed by atoms with Gasteiger partial charge in [-0.1, -0.05) is 0 Å². The van der Waals surface area contributed by atoms with E-state index in [-0.39, 0.29) is 35.5 Å². The third kappa shape index (κ3) is 3.95. The molecule has 0 radical (unpaired) electrons. The molecule has 1 amide bonds. The summed E-state index contributed by atoms with van der Waals surface area (Å²) < 4.78 is 16.6. The molecule has 0 unspecified atom stereocenters. The van der Waals surface area contributed by atoms with Gasteiger partial charge in [-0.05, 0) is 58.2 Å². The number of methoxy groups -OCH3 is 3. The lowest BCUT2D eigenvalue weighted by atomic mass is 9.73. The SMILES string of the molecule is COc1ccc(OC)c([C@@H]2CC(=O)C3=C(C2)NC(=O)C[C@@H]3c2cc(Br)c(O)c(OC)c2)c1. The van der Waals surface area contributed by atoms with Gasteiger partial charge in [0, 0.05) is 41.5 Å². The molecule has 32 heavy (non-hydrogen) atoms. The summed E-state index contributed by atoms with van der Waals surface area (Å²) in [6.07, 6.45) is 0.951. The van der Waals surface area contributed by atoms with Crippen molar-refractivity contribution in [2.45, 2.75) is 31.1 Å². The van der Waals surface area contributed by atoms with E-state index in [1.165, 1.54) is 7.11 Å². The number of phenols is 1. The number of carbonyl (C=O) groups excluding carboxylic acids is 2. The summed E-state index contributed by atoms with van der Waals surface area (Å²) in [5, 5.41) is 13.1. The first kappa shape index (κ1) is 22.2. The number of benzene rings is 2. The molecule has 1 aliphatic carbocycles. The number of hydrogen-bond acceptors (Lipinski definition) is 6. The van der Waals surface area contributed by atoms with E-state index in [4.69, 9.17) is 14.2 Å². The molecule has 2 aliphatic rings. The topological polar surface area (TPSA) is 94.1 Å². The summed E-state index contributed by atoms with van der Waals surface area (Å²) in [6.45, 7) is 0. The third-order valence-electron chi connectivity index (χ3n) is 6.09. The molecule has 0 saturated carbocycles. The Morgan fingerprint density at radius 3 is 2.41 bits per heavy atom. The van der Waals surface area contributed by atoms with Crippen molar-refractivity contribution in [1.29, 1.82) is 0 Å². The Morgan fingerprint density at radius 2 is 1.72 bits per heavy atom. The Bertz CT molecular complexity index is 1130. The van der Waals surface area contributed by atoms with Gasteiger partial charge in [0.1, 0.15) is 11.5 Å². The van der Waals surface area contributed by atoms with Crippen LogP contribution in [-0.4, -0.2) is 38.1 Å². The minimum absolute atomic E-state index is 0.0192. The average Bonchev–Trinajstić information content (AvgIpc) is 2.79. The van der Waals surface area contributed by atoms with Crippen molar-refractivity contribution in [1.82, 2.24) is 5.32 Å². The molecule has 2 N–H and O–H groups in total. The zero-order valence-corrected chi connectivity index (χ0v) is 19.6. The lowest BCUT2D eigenvalue weighted by molar-refractivity contribution is -0.122. The summed E-state index contributed by atoms with van der Waals surface area (Å²) in [6, 6.07) is 8.93. The maximum atomic E-state index is 13.4. The fourth-order valence-electron chi connectivity index (χ4n) is 4.57. The van der Waals surface area contributed by atoms with Crippen LogP contribution in [0, 0.1) is 0 Å². The van der Waals surface area contributed by atoms with E-state index in [0.717, 1.165) is 11.1 Å². The van der Waals surface area contributed by atoms with Crippen LogP contribution in [0.3, 0.4) is 0 Å². The Morgan fingerprint density at radius 1 is 0.969 bits per heavy atom. The Balaban J connectivity index is 1.76. The molecule has 0 saturated heterocycles. The number of rotatable bonds is 5. The quantitative estimate of drug-likeness (QED) is 0.637. The van der Waals surface area contributed by atoms with Crippen molar-refractivity contribution < 1.29 is 28.9 Å². The third-order valence-corrected chi connectivity index (χ3v) is 6.69. The number of halogens is 1. The van der Waals surface area contributed by atoms with Crippen molar-refractivity contribution in [3.05, 3.63) is 57.2 Å². The Labute approximate surface area is 194 Å². The number of hydrogen-bond donors (Lipinski definition) is 2. The second-order valence-electron chi connectivity index (χ2n) is 7.89. The van der Waals surface area contributed by atoms with E-state index in [9.17, 15) is 14.7 Å². The van der Waals surface area contributed by atoms with Crippen molar-refractivity contribution in [2.75, 3.05) is 21.3 Å². The van der Waals surface area contributed by atoms with E-state index in [0.29, 0.717) is 40.1 Å². The number of amides is 1. The lowest BCUT2D eigenvalue weighted by Crippen LogP contribution is -2.38. The first-order valence-electron chi connectivity index (χ1n) is 10.2. The van der Waals surface area contributed by atoms with Crippen LogP contribution in [0.1, 0.15) is 42.2 Å². The van der Waals surface area contributed by atoms with Crippen LogP contribution in [0.2, 0.25) is 0 Å². The summed E-state index contributed by atoms with van der Waals surface area (Å²) in [4.78, 5) is 26.0. The molecule has 0 aromatic heterocycles. The molecular formula is C24H24BrNO6. The monoisotopic (exact) mass is 501 g/mol. The molecule has 1 aliphatic heterocycles. The number of allylic oxidation sites excluding steroid dienone is 2. The van der Waals surface area contributed by atoms with Gasteiger partial charge in [0.15, 0.2) is 17.3 Å². The van der Waals surface area contributed by atoms with E-state index in [2.05, 4.69) is 21.2 Å². The zero-order chi connectivity index (χ0) is 23.0. The van der Waals surface area contributed by atoms with Crippen LogP contribution in [0.4, 0.5) is 0 Å². The fraction of sp³-hybridized carbons (Fsp3) is 0.333. The van der Waals surface area contributed by atoms with Crippen LogP contribution in [0.15, 0.2) is 46.1 Å². The summed E-state index contributed by atoms with van der Waals surface area (Å²) in [5.41, 5.74) is 2.86. The summed E-state index contributed by atoms with van der Waals surface area (Å²) in [5.74, 6) is 0.891. The first-order valence-corrected chi connectivity index (χ1v) is 11.0. The maximum Gasteiger partial charge on any atom is 0.225 e. The van der Waals surface area contributed by atoms with E-state index in [1.807, 2.05) is 18.2 Å². The Kier molecular flexibility index (Phi) is 6.15. The Hall–Kier alpha value is -3.00. The largest absolute Gasteiger partial charge is 0.503 e. The second kappa shape index (κ2) is 8.86. The van der Waals surface area contributed by atoms with E-state index in [1.54, 1.807) is 26.4 Å². The molecule has 2 aromatic carbocycles. The van der Waals surface area contributed by atoms with Gasteiger partial charge >= 0.3 is 0 Å². The van der Waals surface area contributed by atoms with Gasteiger partial charge in [-0.3, -0.25) is 9.59 Å². The van der Waals surface area contributed by atoms with E-state index < -0.39 is 5.92 Å². The van der Waals surface area contributed by atoms with Gasteiger partial charge in [0.2, 0.25) is 5.91 Å². The van der Waals surface area contributed by atoms with Crippen molar-refractivity contribution >= 4 is 27.6 Å². The number of ketones is 1. The maximum absolute atomic E-state index is 13.4. The highest BCUT2D eigenvalue weighted by atomic mass is 79.9. The van der Waals surface area contributed by atoms with Gasteiger partial charge in [0.05, 0.1) is 25.8 Å². The van der Waals surface area contributed by atoms with Gasteiger partial charge in [-0.25, -0.2) is 0 Å². The van der Waals surface area contributed by atoms with Crippen LogP contribution in [0.5, 0.6) is 23.0 Å². The molecule has 0 bridgehead atoms. The molecule has 168 valence electrons. The van der Waals surface area contributed by atoms with Gasteiger partial charge in [-0.15, -0.1) is 0 Å². The number of carbonyl (C=O) groups is 2. The highest BCUT2D eigenvalue weighted by molar-refractivity contribution is 9.10. The smallest absolute Gasteiger partial charge is 0.225 e. The average molecular weight is 502 g/mol. The minimum atomic E-state index is -0.412. The highest BCUT2D eigenvalue weighted by Crippen LogP contribution is 2.47. The first-order chi connectivity index (χ1) is 15.4. The number of nitrogens with one attached hydrogen (secondary N) is 1. The zero-order valence-electron chi connectivity index (χ0n) is 18.0. The molecule has 0 spiro atoms. The van der Waals surface area contributed by atoms with Gasteiger partial charge in [-0.2, -0.15) is 0 Å². The minimum Gasteiger partial charge on any atom is -0.503 e. The fourth-order valence-corrected chi connectivity index (χ4v) is 5.03. The number of Topliss-reactive ketones (excluding diaryl/α,β-unsaturated/α-hetero) is 1. The van der Waals surface area contributed by atoms with Crippen molar-refractivity contribution in [3.8, 4) is 23.0 Å². The van der Waals surface area contributed by atoms with Crippen LogP contribution < -0.4 is 19.5 Å². The molecule has 1 heterocycles. The number of phenolic OH excluding ortho intramolecular Hbond substituents is 1. The van der Waals surface area contributed by atoms with Crippen molar-refractivity contribution in [2.24, 2.45) is 0 Å². The normalized spacial score (nSPS) is 20.5. The van der Waals surface area contributed by atoms with E-state index >= 15 is 0 Å². The lowest BCUT2D eigenvalue weighted by Gasteiger charge is -2.35. The predicted octanol–water partition coefficient (Wildman–Crippen LogP) is 4.18. The molecule has 2 atom stereocenters. The predicted molar refractivity (Wildman–Crippen MR) is 121 cm³/mol. The van der Waals surface area contributed by atoms with Gasteiger partial charge in [0.25, 0.3) is 0 Å². The molecule has 7 nitrogen and oxygen atoms in total. The molecule has 0 fully saturated rings. The molecule has 8 heteroatoms. The highest BCUT2D eigenvalue weighted by Gasteiger charge is 2.39. The molecule has 2 aromatic rings. The standard InChI is InChI=1S/C24H24BrNO6/c1-30-14-4-5-20(31-2)15(10-14)13-7-18-23(19(27)8-13)16(11-22(28)26-18)12-6-17(25)24(29)21(9-12)32-3/h4-6,9-10,13,16,29H,7-8,11H2,1-3H3,(H,26,28)/t13-,16+/m0/s1. The summed E-state index contributed by atoms with van der Waals surface area (Å²) in [7, 11) is 4.64.